The number of hydrogen-bond donors (Lipinski definition) is 1. The zero-order valence-corrected chi connectivity index (χ0v) is 13.1. The molecule has 1 saturated heterocycles. The number of halogens is 1. The Morgan fingerprint density at radius 2 is 2.10 bits per heavy atom. The van der Waals surface area contributed by atoms with Crippen LogP contribution in [0.15, 0.2) is 12.1 Å². The Balaban J connectivity index is 1.84. The smallest absolute Gasteiger partial charge is 0.231 e. The lowest BCUT2D eigenvalue weighted by atomic mass is 10.0. The molecule has 21 heavy (non-hydrogen) atoms. The van der Waals surface area contributed by atoms with Crippen molar-refractivity contribution in [2.45, 2.75) is 12.5 Å². The van der Waals surface area contributed by atoms with Gasteiger partial charge >= 0.3 is 0 Å². The second-order valence-electron chi connectivity index (χ2n) is 5.68. The predicted octanol–water partition coefficient (Wildman–Crippen LogP) is 1.71. The number of nitrogens with zero attached hydrogens (tertiary/aromatic N) is 2. The standard InChI is InChI=1S/C15H22ClN3O2/c1-18-3-2-4-19(6-5-18)13(9-17)11-7-12(16)15-14(8-11)20-10-21-15/h7-8,13H,2-6,9-10,17H2,1H3. The van der Waals surface area contributed by atoms with Crippen LogP contribution in [0.5, 0.6) is 11.5 Å². The van der Waals surface area contributed by atoms with Crippen LogP contribution in [0, 0.1) is 0 Å². The van der Waals surface area contributed by atoms with E-state index in [1.165, 1.54) is 0 Å². The molecule has 1 unspecified atom stereocenters. The molecule has 0 amide bonds. The Morgan fingerprint density at radius 3 is 2.90 bits per heavy atom. The lowest BCUT2D eigenvalue weighted by Crippen LogP contribution is -2.36. The highest BCUT2D eigenvalue weighted by atomic mass is 35.5. The van der Waals surface area contributed by atoms with Crippen LogP contribution in [-0.2, 0) is 0 Å². The summed E-state index contributed by atoms with van der Waals surface area (Å²) in [5, 5.41) is 0.602. The molecule has 0 aliphatic carbocycles. The summed E-state index contributed by atoms with van der Waals surface area (Å²) in [6, 6.07) is 4.14. The van der Waals surface area contributed by atoms with Crippen LogP contribution in [-0.4, -0.2) is 56.4 Å². The molecule has 2 heterocycles. The van der Waals surface area contributed by atoms with Crippen molar-refractivity contribution in [3.8, 4) is 11.5 Å². The number of rotatable bonds is 3. The van der Waals surface area contributed by atoms with Gasteiger partial charge < -0.3 is 20.1 Å². The Hall–Kier alpha value is -1.01. The number of likely N-dealkylation sites (N-methyl/N-ethyl adjacent to an activating group) is 1. The zero-order chi connectivity index (χ0) is 14.8. The Labute approximate surface area is 130 Å². The molecular weight excluding hydrogens is 290 g/mol. The summed E-state index contributed by atoms with van der Waals surface area (Å²) in [6.45, 7) is 5.08. The van der Waals surface area contributed by atoms with Crippen molar-refractivity contribution in [1.82, 2.24) is 9.80 Å². The molecule has 0 bridgehead atoms. The van der Waals surface area contributed by atoms with Gasteiger partial charge in [0, 0.05) is 32.2 Å². The number of nitrogens with two attached hydrogens (primary N) is 1. The van der Waals surface area contributed by atoms with Crippen LogP contribution in [0.2, 0.25) is 5.02 Å². The summed E-state index contributed by atoms with van der Waals surface area (Å²) >= 11 is 6.30. The molecule has 1 atom stereocenters. The van der Waals surface area contributed by atoms with Gasteiger partial charge in [-0.25, -0.2) is 0 Å². The molecule has 2 aliphatic rings. The summed E-state index contributed by atoms with van der Waals surface area (Å²) < 4.78 is 10.8. The maximum absolute atomic E-state index is 6.30. The molecule has 0 saturated carbocycles. The zero-order valence-electron chi connectivity index (χ0n) is 12.3. The minimum Gasteiger partial charge on any atom is -0.454 e. The highest BCUT2D eigenvalue weighted by molar-refractivity contribution is 6.32. The van der Waals surface area contributed by atoms with E-state index in [1.807, 2.05) is 12.1 Å². The van der Waals surface area contributed by atoms with E-state index < -0.39 is 0 Å². The first-order chi connectivity index (χ1) is 10.2. The number of ether oxygens (including phenoxy) is 2. The van der Waals surface area contributed by atoms with Crippen molar-refractivity contribution in [1.29, 1.82) is 0 Å². The van der Waals surface area contributed by atoms with E-state index in [-0.39, 0.29) is 12.8 Å². The van der Waals surface area contributed by atoms with E-state index in [4.69, 9.17) is 26.8 Å². The number of benzene rings is 1. The van der Waals surface area contributed by atoms with E-state index in [9.17, 15) is 0 Å². The molecule has 0 radical (unpaired) electrons. The summed E-state index contributed by atoms with van der Waals surface area (Å²) in [6.07, 6.45) is 1.16. The third kappa shape index (κ3) is 3.11. The van der Waals surface area contributed by atoms with Crippen LogP contribution >= 0.6 is 11.6 Å². The first-order valence-electron chi connectivity index (χ1n) is 7.40. The molecule has 2 aliphatic heterocycles. The summed E-state index contributed by atoms with van der Waals surface area (Å²) in [5.74, 6) is 1.37. The minimum atomic E-state index is 0.170. The van der Waals surface area contributed by atoms with Crippen molar-refractivity contribution in [3.05, 3.63) is 22.7 Å². The summed E-state index contributed by atoms with van der Waals surface area (Å²) in [7, 11) is 2.17. The predicted molar refractivity (Wildman–Crippen MR) is 83.1 cm³/mol. The quantitative estimate of drug-likeness (QED) is 0.921. The van der Waals surface area contributed by atoms with Crippen molar-refractivity contribution in [2.24, 2.45) is 5.73 Å². The van der Waals surface area contributed by atoms with Gasteiger partial charge in [0.2, 0.25) is 6.79 Å². The van der Waals surface area contributed by atoms with Gasteiger partial charge in [-0.2, -0.15) is 0 Å². The highest BCUT2D eigenvalue weighted by Crippen LogP contribution is 2.41. The van der Waals surface area contributed by atoms with E-state index in [0.717, 1.165) is 43.9 Å². The maximum atomic E-state index is 6.30. The van der Waals surface area contributed by atoms with Crippen molar-refractivity contribution >= 4 is 11.6 Å². The Bertz CT molecular complexity index is 512. The molecule has 1 fully saturated rings. The van der Waals surface area contributed by atoms with E-state index in [2.05, 4.69) is 16.8 Å². The first kappa shape index (κ1) is 14.9. The first-order valence-corrected chi connectivity index (χ1v) is 7.78. The lowest BCUT2D eigenvalue weighted by molar-refractivity contribution is 0.173. The van der Waals surface area contributed by atoms with Crippen molar-refractivity contribution < 1.29 is 9.47 Å². The number of fused-ring (bicyclic) bond motifs is 1. The van der Waals surface area contributed by atoms with Gasteiger partial charge in [-0.15, -0.1) is 0 Å². The van der Waals surface area contributed by atoms with Gasteiger partial charge in [0.1, 0.15) is 0 Å². The van der Waals surface area contributed by atoms with Crippen molar-refractivity contribution in [3.63, 3.8) is 0 Å². The van der Waals surface area contributed by atoms with Crippen LogP contribution in [0.25, 0.3) is 0 Å². The number of hydrogen-bond acceptors (Lipinski definition) is 5. The molecule has 0 aromatic heterocycles. The summed E-state index contributed by atoms with van der Waals surface area (Å²) in [5.41, 5.74) is 7.15. The molecule has 0 spiro atoms. The maximum Gasteiger partial charge on any atom is 0.231 e. The fourth-order valence-electron chi connectivity index (χ4n) is 3.05. The van der Waals surface area contributed by atoms with Crippen molar-refractivity contribution in [2.75, 3.05) is 46.6 Å². The Morgan fingerprint density at radius 1 is 1.24 bits per heavy atom. The molecular formula is C15H22ClN3O2. The molecule has 3 rings (SSSR count). The monoisotopic (exact) mass is 311 g/mol. The van der Waals surface area contributed by atoms with Crippen LogP contribution in [0.1, 0.15) is 18.0 Å². The van der Waals surface area contributed by atoms with Gasteiger partial charge in [-0.05, 0) is 37.7 Å². The molecule has 2 N–H and O–H groups in total. The van der Waals surface area contributed by atoms with Crippen LogP contribution in [0.4, 0.5) is 0 Å². The second-order valence-corrected chi connectivity index (χ2v) is 6.09. The molecule has 6 heteroatoms. The fraction of sp³-hybridized carbons (Fsp3) is 0.600. The average molecular weight is 312 g/mol. The van der Waals surface area contributed by atoms with Gasteiger partial charge in [0.15, 0.2) is 11.5 Å². The van der Waals surface area contributed by atoms with Gasteiger partial charge in [-0.1, -0.05) is 11.6 Å². The van der Waals surface area contributed by atoms with Gasteiger partial charge in [0.25, 0.3) is 0 Å². The largest absolute Gasteiger partial charge is 0.454 e. The normalized spacial score (nSPS) is 21.3. The van der Waals surface area contributed by atoms with Gasteiger partial charge in [0.05, 0.1) is 5.02 Å². The average Bonchev–Trinajstić information content (AvgIpc) is 2.84. The third-order valence-electron chi connectivity index (χ3n) is 4.25. The highest BCUT2D eigenvalue weighted by Gasteiger charge is 2.25. The lowest BCUT2D eigenvalue weighted by Gasteiger charge is -2.30. The topological polar surface area (TPSA) is 51.0 Å². The molecule has 5 nitrogen and oxygen atoms in total. The minimum absolute atomic E-state index is 0.170. The van der Waals surface area contributed by atoms with E-state index in [0.29, 0.717) is 17.3 Å². The van der Waals surface area contributed by atoms with Crippen LogP contribution in [0.3, 0.4) is 0 Å². The SMILES string of the molecule is CN1CCCN(C(CN)c2cc(Cl)c3c(c2)OCO3)CC1. The van der Waals surface area contributed by atoms with E-state index in [1.54, 1.807) is 0 Å². The van der Waals surface area contributed by atoms with E-state index >= 15 is 0 Å². The molecule has 116 valence electrons. The fourth-order valence-corrected chi connectivity index (χ4v) is 3.33. The van der Waals surface area contributed by atoms with Crippen LogP contribution < -0.4 is 15.2 Å². The third-order valence-corrected chi connectivity index (χ3v) is 4.53. The summed E-state index contributed by atoms with van der Waals surface area (Å²) in [4.78, 5) is 4.80. The Kier molecular flexibility index (Phi) is 4.54. The van der Waals surface area contributed by atoms with Gasteiger partial charge in [-0.3, -0.25) is 4.90 Å². The molecule has 1 aromatic rings. The molecule has 1 aromatic carbocycles. The second kappa shape index (κ2) is 6.40.